The van der Waals surface area contributed by atoms with E-state index in [0.717, 1.165) is 15.7 Å². The molecule has 0 aliphatic carbocycles. The van der Waals surface area contributed by atoms with Crippen molar-refractivity contribution in [2.75, 3.05) is 6.61 Å². The summed E-state index contributed by atoms with van der Waals surface area (Å²) in [6.45, 7) is 3.63. The number of aromatic nitrogens is 2. The molecule has 2 heterocycles. The Morgan fingerprint density at radius 1 is 0.974 bits per heavy atom. The number of nitrogens with zero attached hydrogens (tertiary/aromatic N) is 3. The van der Waals surface area contributed by atoms with Crippen molar-refractivity contribution in [1.82, 2.24) is 9.13 Å². The second-order valence-electron chi connectivity index (χ2n) is 9.05. The molecule has 0 N–H and O–H groups in total. The molecule has 10 nitrogen and oxygen atoms in total. The van der Waals surface area contributed by atoms with Gasteiger partial charge in [-0.1, -0.05) is 35.4 Å². The van der Waals surface area contributed by atoms with Gasteiger partial charge in [-0.3, -0.25) is 9.36 Å². The quantitative estimate of drug-likeness (QED) is 0.417. The molecule has 1 fully saturated rings. The molecule has 196 valence electrons. The number of ether oxygens (including phenoxy) is 3. The molecule has 0 saturated carbocycles. The van der Waals surface area contributed by atoms with Crippen LogP contribution in [0.15, 0.2) is 70.4 Å². The molecule has 0 spiro atoms. The number of rotatable bonds is 8. The highest BCUT2D eigenvalue weighted by Crippen LogP contribution is 2.30. The van der Waals surface area contributed by atoms with Gasteiger partial charge in [0.2, 0.25) is 0 Å². The second-order valence-corrected chi connectivity index (χ2v) is 9.05. The van der Waals surface area contributed by atoms with Crippen LogP contribution < -0.4 is 11.2 Å². The highest BCUT2D eigenvalue weighted by Gasteiger charge is 2.41. The van der Waals surface area contributed by atoms with Gasteiger partial charge in [0.25, 0.3) is 5.56 Å². The summed E-state index contributed by atoms with van der Waals surface area (Å²) in [4.78, 5) is 51.1. The van der Waals surface area contributed by atoms with Gasteiger partial charge in [-0.25, -0.2) is 19.0 Å². The Morgan fingerprint density at radius 3 is 2.18 bits per heavy atom. The number of hydrogen-bond acceptors (Lipinski definition) is 8. The molecule has 0 unspecified atom stereocenters. The first-order valence-corrected chi connectivity index (χ1v) is 12.1. The fourth-order valence-corrected chi connectivity index (χ4v) is 4.09. The third kappa shape index (κ3) is 6.07. The van der Waals surface area contributed by atoms with Gasteiger partial charge < -0.3 is 14.2 Å². The summed E-state index contributed by atoms with van der Waals surface area (Å²) in [6, 6.07) is 16.8. The first kappa shape index (κ1) is 26.6. The Morgan fingerprint density at radius 2 is 1.58 bits per heavy atom. The van der Waals surface area contributed by atoms with Crippen molar-refractivity contribution >= 4 is 11.9 Å². The lowest BCUT2D eigenvalue weighted by atomic mass is 10.1. The zero-order valence-electron chi connectivity index (χ0n) is 21.0. The average Bonchev–Trinajstić information content (AvgIpc) is 3.29. The fraction of sp³-hybridized carbons (Fsp3) is 0.321. The van der Waals surface area contributed by atoms with Crippen LogP contribution in [0.1, 0.15) is 50.9 Å². The monoisotopic (exact) mass is 517 g/mol. The van der Waals surface area contributed by atoms with Crippen molar-refractivity contribution in [3.05, 3.63) is 104 Å². The van der Waals surface area contributed by atoms with Crippen LogP contribution >= 0.6 is 0 Å². The lowest BCUT2D eigenvalue weighted by molar-refractivity contribution is -0.0592. The average molecular weight is 518 g/mol. The maximum atomic E-state index is 13.0. The predicted molar refractivity (Wildman–Crippen MR) is 136 cm³/mol. The molecular weight excluding hydrogens is 490 g/mol. The normalized spacial score (nSPS) is 18.5. The maximum Gasteiger partial charge on any atom is 0.338 e. The van der Waals surface area contributed by atoms with Crippen molar-refractivity contribution in [2.24, 2.45) is 0 Å². The van der Waals surface area contributed by atoms with Gasteiger partial charge in [0.05, 0.1) is 23.6 Å². The first-order valence-electron chi connectivity index (χ1n) is 12.1. The van der Waals surface area contributed by atoms with Crippen LogP contribution in [0.5, 0.6) is 0 Å². The molecule has 3 aromatic rings. The van der Waals surface area contributed by atoms with E-state index in [9.17, 15) is 19.2 Å². The number of carbonyl (C=O) groups is 2. The van der Waals surface area contributed by atoms with Crippen molar-refractivity contribution in [1.29, 1.82) is 5.26 Å². The van der Waals surface area contributed by atoms with Gasteiger partial charge in [-0.2, -0.15) is 5.26 Å². The summed E-state index contributed by atoms with van der Waals surface area (Å²) < 4.78 is 19.3. The van der Waals surface area contributed by atoms with Crippen molar-refractivity contribution in [3.8, 4) is 6.07 Å². The van der Waals surface area contributed by atoms with Crippen LogP contribution in [0.25, 0.3) is 0 Å². The smallest absolute Gasteiger partial charge is 0.338 e. The minimum atomic E-state index is -1.07. The Bertz CT molecular complexity index is 1470. The summed E-state index contributed by atoms with van der Waals surface area (Å²) in [5, 5.41) is 8.87. The summed E-state index contributed by atoms with van der Waals surface area (Å²) in [5.41, 5.74) is 1.37. The number of benzene rings is 2. The summed E-state index contributed by atoms with van der Waals surface area (Å²) in [7, 11) is 0. The Kier molecular flexibility index (Phi) is 8.19. The van der Waals surface area contributed by atoms with Crippen LogP contribution in [0.2, 0.25) is 0 Å². The van der Waals surface area contributed by atoms with Crippen LogP contribution in [0.3, 0.4) is 0 Å². The number of esters is 2. The van der Waals surface area contributed by atoms with E-state index in [1.165, 1.54) is 16.8 Å². The van der Waals surface area contributed by atoms with Crippen LogP contribution in [-0.2, 0) is 20.8 Å². The van der Waals surface area contributed by atoms with Crippen molar-refractivity contribution in [3.63, 3.8) is 0 Å². The molecule has 38 heavy (non-hydrogen) atoms. The SMILES string of the molecule is Cc1ccc(C(=O)OC[C@H]2O[C@@H](n3c(=O)ccn(CCC#N)c3=O)C[C@H]2OC(=O)c2ccc(C)cc2)cc1. The van der Waals surface area contributed by atoms with E-state index in [1.54, 1.807) is 48.5 Å². The maximum absolute atomic E-state index is 13.0. The van der Waals surface area contributed by atoms with Crippen LogP contribution in [0.4, 0.5) is 0 Å². The minimum Gasteiger partial charge on any atom is -0.459 e. The standard InChI is InChI=1S/C28H27N3O7/c1-18-4-8-20(9-5-18)26(33)36-17-23-22(38-27(34)21-10-6-19(2)7-11-21)16-25(37-23)31-24(32)12-15-30(28(31)35)14-3-13-29/h4-12,15,22-23,25H,3,14,16-17H2,1-2H3/t22-,23-,25-/m1/s1. The van der Waals surface area contributed by atoms with E-state index >= 15 is 0 Å². The minimum absolute atomic E-state index is 0.0121. The molecule has 0 radical (unpaired) electrons. The number of hydrogen-bond donors (Lipinski definition) is 0. The second kappa shape index (κ2) is 11.7. The van der Waals surface area contributed by atoms with Crippen molar-refractivity contribution in [2.45, 2.75) is 51.7 Å². The van der Waals surface area contributed by atoms with Gasteiger partial charge in [0.15, 0.2) is 0 Å². The lowest BCUT2D eigenvalue weighted by Crippen LogP contribution is -2.41. The topological polar surface area (TPSA) is 130 Å². The predicted octanol–water partition coefficient (Wildman–Crippen LogP) is 2.91. The fourth-order valence-electron chi connectivity index (χ4n) is 4.09. The highest BCUT2D eigenvalue weighted by atomic mass is 16.6. The molecule has 10 heteroatoms. The highest BCUT2D eigenvalue weighted by molar-refractivity contribution is 5.90. The molecule has 1 saturated heterocycles. The molecule has 4 rings (SSSR count). The van der Waals surface area contributed by atoms with Gasteiger partial charge in [0.1, 0.15) is 25.0 Å². The lowest BCUT2D eigenvalue weighted by Gasteiger charge is -2.19. The summed E-state index contributed by atoms with van der Waals surface area (Å²) >= 11 is 0. The number of nitriles is 1. The third-order valence-electron chi connectivity index (χ3n) is 6.23. The van der Waals surface area contributed by atoms with E-state index in [2.05, 4.69) is 0 Å². The van der Waals surface area contributed by atoms with Crippen LogP contribution in [-0.4, -0.2) is 39.9 Å². The zero-order chi connectivity index (χ0) is 27.2. The Hall–Kier alpha value is -4.49. The van der Waals surface area contributed by atoms with Crippen molar-refractivity contribution < 1.29 is 23.8 Å². The molecule has 1 aliphatic heterocycles. The molecule has 1 aromatic heterocycles. The Labute approximate surface area is 218 Å². The largest absolute Gasteiger partial charge is 0.459 e. The molecule has 0 amide bonds. The third-order valence-corrected chi connectivity index (χ3v) is 6.23. The summed E-state index contributed by atoms with van der Waals surface area (Å²) in [6.07, 6.45) is -1.51. The molecule has 3 atom stereocenters. The van der Waals surface area contributed by atoms with Gasteiger partial charge in [-0.15, -0.1) is 0 Å². The number of aryl methyl sites for hydroxylation is 3. The first-order chi connectivity index (χ1) is 18.3. The number of carbonyl (C=O) groups excluding carboxylic acids is 2. The molecular formula is C28H27N3O7. The van der Waals surface area contributed by atoms with Crippen LogP contribution in [0, 0.1) is 25.2 Å². The Balaban J connectivity index is 1.57. The molecule has 1 aliphatic rings. The van der Waals surface area contributed by atoms with E-state index in [0.29, 0.717) is 11.1 Å². The van der Waals surface area contributed by atoms with E-state index < -0.39 is 41.6 Å². The molecule has 2 aromatic carbocycles. The van der Waals surface area contributed by atoms with E-state index in [-0.39, 0.29) is 26.0 Å². The molecule has 0 bridgehead atoms. The van der Waals surface area contributed by atoms with Gasteiger partial charge in [-0.05, 0) is 38.1 Å². The van der Waals surface area contributed by atoms with E-state index in [4.69, 9.17) is 19.5 Å². The zero-order valence-corrected chi connectivity index (χ0v) is 21.0. The van der Waals surface area contributed by atoms with Gasteiger partial charge in [0, 0.05) is 25.2 Å². The van der Waals surface area contributed by atoms with E-state index in [1.807, 2.05) is 19.9 Å². The van der Waals surface area contributed by atoms with Gasteiger partial charge >= 0.3 is 17.6 Å². The summed E-state index contributed by atoms with van der Waals surface area (Å²) in [5.74, 6) is -1.20.